The van der Waals surface area contributed by atoms with Crippen LogP contribution in [-0.4, -0.2) is 22.6 Å². The fourth-order valence-corrected chi connectivity index (χ4v) is 3.84. The Morgan fingerprint density at radius 3 is 2.43 bits per heavy atom. The summed E-state index contributed by atoms with van der Waals surface area (Å²) in [5, 5.41) is -0.167. The molecular weight excluding hydrogens is 395 g/mol. The van der Waals surface area contributed by atoms with Crippen LogP contribution in [-0.2, 0) is 13.2 Å². The van der Waals surface area contributed by atoms with E-state index in [4.69, 9.17) is 4.42 Å². The largest absolute Gasteiger partial charge is 0.422 e. The molecular formula is C22H20F3N3O2. The van der Waals surface area contributed by atoms with Crippen LogP contribution in [0.15, 0.2) is 51.7 Å². The van der Waals surface area contributed by atoms with Crippen LogP contribution in [0.5, 0.6) is 0 Å². The molecule has 2 aromatic carbocycles. The number of aromatic nitrogens is 2. The third-order valence-corrected chi connectivity index (χ3v) is 5.31. The van der Waals surface area contributed by atoms with Gasteiger partial charge in [0.2, 0.25) is 0 Å². The number of para-hydroxylation sites is 2. The molecule has 0 spiro atoms. The van der Waals surface area contributed by atoms with Crippen LogP contribution in [0.25, 0.3) is 33.4 Å². The first-order chi connectivity index (χ1) is 14.3. The van der Waals surface area contributed by atoms with E-state index in [0.29, 0.717) is 29.8 Å². The lowest BCUT2D eigenvalue weighted by Gasteiger charge is -2.21. The quantitative estimate of drug-likeness (QED) is 0.429. The van der Waals surface area contributed by atoms with E-state index < -0.39 is 22.9 Å². The van der Waals surface area contributed by atoms with Crippen LogP contribution in [0, 0.1) is 0 Å². The molecule has 4 rings (SSSR count). The Balaban J connectivity index is 2.07. The Kier molecular flexibility index (Phi) is 4.80. The van der Waals surface area contributed by atoms with Crippen molar-refractivity contribution in [2.75, 3.05) is 18.0 Å². The number of alkyl halides is 3. The van der Waals surface area contributed by atoms with Gasteiger partial charge in [-0.25, -0.2) is 9.78 Å². The molecule has 5 nitrogen and oxygen atoms in total. The van der Waals surface area contributed by atoms with E-state index in [1.807, 2.05) is 18.7 Å². The van der Waals surface area contributed by atoms with Gasteiger partial charge in [-0.05, 0) is 38.1 Å². The highest BCUT2D eigenvalue weighted by atomic mass is 19.4. The van der Waals surface area contributed by atoms with Crippen molar-refractivity contribution >= 4 is 27.7 Å². The zero-order valence-electron chi connectivity index (χ0n) is 16.7. The second-order valence-corrected chi connectivity index (χ2v) is 6.97. The lowest BCUT2D eigenvalue weighted by Crippen LogP contribution is -2.22. The van der Waals surface area contributed by atoms with Gasteiger partial charge in [0.05, 0.1) is 16.6 Å². The third kappa shape index (κ3) is 3.12. The van der Waals surface area contributed by atoms with E-state index in [1.54, 1.807) is 37.4 Å². The molecule has 0 N–H and O–H groups in total. The number of rotatable bonds is 4. The molecule has 0 atom stereocenters. The van der Waals surface area contributed by atoms with Gasteiger partial charge in [-0.1, -0.05) is 12.1 Å². The van der Waals surface area contributed by atoms with Crippen molar-refractivity contribution in [2.45, 2.75) is 20.0 Å². The fraction of sp³-hybridized carbons (Fsp3) is 0.273. The fourth-order valence-electron chi connectivity index (χ4n) is 3.84. The Hall–Kier alpha value is -3.29. The Labute approximate surface area is 170 Å². The van der Waals surface area contributed by atoms with Crippen LogP contribution < -0.4 is 10.5 Å². The molecule has 0 saturated carbocycles. The first kappa shape index (κ1) is 20.0. The van der Waals surface area contributed by atoms with Crippen LogP contribution in [0.3, 0.4) is 0 Å². The van der Waals surface area contributed by atoms with Crippen LogP contribution >= 0.6 is 0 Å². The van der Waals surface area contributed by atoms with Crippen molar-refractivity contribution in [3.63, 3.8) is 0 Å². The van der Waals surface area contributed by atoms with Crippen LogP contribution in [0.4, 0.5) is 18.9 Å². The lowest BCUT2D eigenvalue weighted by atomic mass is 10.0. The van der Waals surface area contributed by atoms with Crippen molar-refractivity contribution in [1.82, 2.24) is 9.55 Å². The van der Waals surface area contributed by atoms with E-state index in [-0.39, 0.29) is 16.8 Å². The molecule has 0 radical (unpaired) electrons. The van der Waals surface area contributed by atoms with Crippen molar-refractivity contribution in [3.05, 3.63) is 58.4 Å². The summed E-state index contributed by atoms with van der Waals surface area (Å²) in [4.78, 5) is 19.1. The van der Waals surface area contributed by atoms with E-state index in [9.17, 15) is 18.0 Å². The van der Waals surface area contributed by atoms with E-state index in [0.717, 1.165) is 0 Å². The highest BCUT2D eigenvalue weighted by Gasteiger charge is 2.39. The summed E-state index contributed by atoms with van der Waals surface area (Å²) in [6, 6.07) is 11.4. The highest BCUT2D eigenvalue weighted by molar-refractivity contribution is 5.90. The monoisotopic (exact) mass is 415 g/mol. The van der Waals surface area contributed by atoms with Gasteiger partial charge < -0.3 is 13.9 Å². The number of fused-ring (bicyclic) bond motifs is 2. The standard InChI is InChI=1S/C22H20F3N3O2/c1-4-28(5-2)13-10-11-14-17(12-13)30-21(29)18(19(14)22(23,24)25)20-26-15-8-6-7-9-16(15)27(20)3/h6-12H,4-5H2,1-3H3. The molecule has 0 unspecified atom stereocenters. The maximum absolute atomic E-state index is 14.2. The Bertz CT molecular complexity index is 1300. The van der Waals surface area contributed by atoms with Crippen molar-refractivity contribution < 1.29 is 17.6 Å². The minimum atomic E-state index is -4.77. The van der Waals surface area contributed by atoms with Gasteiger partial charge in [0, 0.05) is 37.3 Å². The average molecular weight is 415 g/mol. The number of anilines is 1. The summed E-state index contributed by atoms with van der Waals surface area (Å²) in [7, 11) is 1.58. The second-order valence-electron chi connectivity index (χ2n) is 6.97. The minimum absolute atomic E-state index is 0.0769. The zero-order valence-corrected chi connectivity index (χ0v) is 16.7. The number of benzene rings is 2. The molecule has 0 saturated heterocycles. The second kappa shape index (κ2) is 7.19. The smallest absolute Gasteiger partial charge is 0.418 e. The number of halogens is 3. The lowest BCUT2D eigenvalue weighted by molar-refractivity contribution is -0.136. The highest BCUT2D eigenvalue weighted by Crippen LogP contribution is 2.41. The number of hydrogen-bond donors (Lipinski definition) is 0. The van der Waals surface area contributed by atoms with Gasteiger partial charge in [-0.3, -0.25) is 0 Å². The summed E-state index contributed by atoms with van der Waals surface area (Å²) in [5.41, 5.74) is -0.956. The van der Waals surface area contributed by atoms with Gasteiger partial charge in [-0.15, -0.1) is 0 Å². The summed E-state index contributed by atoms with van der Waals surface area (Å²) < 4.78 is 49.4. The molecule has 0 aliphatic carbocycles. The third-order valence-electron chi connectivity index (χ3n) is 5.31. The summed E-state index contributed by atoms with van der Waals surface area (Å²) >= 11 is 0. The van der Waals surface area contributed by atoms with Gasteiger partial charge in [0.15, 0.2) is 0 Å². The topological polar surface area (TPSA) is 51.3 Å². The van der Waals surface area contributed by atoms with Gasteiger partial charge in [0.1, 0.15) is 17.0 Å². The molecule has 2 heterocycles. The predicted molar refractivity (Wildman–Crippen MR) is 111 cm³/mol. The minimum Gasteiger partial charge on any atom is -0.422 e. The normalized spacial score (nSPS) is 12.1. The molecule has 0 fully saturated rings. The van der Waals surface area contributed by atoms with E-state index in [2.05, 4.69) is 4.98 Å². The molecule has 0 amide bonds. The van der Waals surface area contributed by atoms with Crippen molar-refractivity contribution in [1.29, 1.82) is 0 Å². The predicted octanol–water partition coefficient (Wildman–Crippen LogP) is 5.21. The summed E-state index contributed by atoms with van der Waals surface area (Å²) in [6.45, 7) is 5.24. The maximum Gasteiger partial charge on any atom is 0.418 e. The molecule has 0 bridgehead atoms. The Morgan fingerprint density at radius 2 is 1.80 bits per heavy atom. The van der Waals surface area contributed by atoms with Gasteiger partial charge >= 0.3 is 11.8 Å². The van der Waals surface area contributed by atoms with Gasteiger partial charge in [-0.2, -0.15) is 13.2 Å². The van der Waals surface area contributed by atoms with Crippen LogP contribution in [0.1, 0.15) is 19.4 Å². The molecule has 156 valence electrons. The maximum atomic E-state index is 14.2. The molecule has 4 aromatic rings. The SMILES string of the molecule is CCN(CC)c1ccc2c(C(F)(F)F)c(-c3nc4ccccc4n3C)c(=O)oc2c1. The van der Waals surface area contributed by atoms with Crippen molar-refractivity contribution in [3.8, 4) is 11.4 Å². The average Bonchev–Trinajstić information content (AvgIpc) is 3.03. The van der Waals surface area contributed by atoms with E-state index in [1.165, 1.54) is 16.7 Å². The number of nitrogens with zero attached hydrogens (tertiary/aromatic N) is 3. The first-order valence-corrected chi connectivity index (χ1v) is 9.61. The first-order valence-electron chi connectivity index (χ1n) is 9.61. The van der Waals surface area contributed by atoms with E-state index >= 15 is 0 Å². The number of hydrogen-bond acceptors (Lipinski definition) is 4. The number of aryl methyl sites for hydroxylation is 1. The number of imidazole rings is 1. The molecule has 0 aliphatic rings. The van der Waals surface area contributed by atoms with Crippen molar-refractivity contribution in [2.24, 2.45) is 7.05 Å². The zero-order chi connectivity index (χ0) is 21.6. The molecule has 0 aliphatic heterocycles. The Morgan fingerprint density at radius 1 is 1.10 bits per heavy atom. The summed E-state index contributed by atoms with van der Waals surface area (Å²) in [5.74, 6) is -0.0769. The molecule has 30 heavy (non-hydrogen) atoms. The van der Waals surface area contributed by atoms with Crippen LogP contribution in [0.2, 0.25) is 0 Å². The van der Waals surface area contributed by atoms with Gasteiger partial charge in [0.25, 0.3) is 0 Å². The summed E-state index contributed by atoms with van der Waals surface area (Å²) in [6.07, 6.45) is -4.77. The molecule has 8 heteroatoms. The molecule has 2 aromatic heterocycles.